The lowest BCUT2D eigenvalue weighted by molar-refractivity contribution is 0.249. The first-order chi connectivity index (χ1) is 9.83. The van der Waals surface area contributed by atoms with Crippen LogP contribution in [-0.2, 0) is 0 Å². The van der Waals surface area contributed by atoms with Crippen LogP contribution < -0.4 is 10.5 Å². The van der Waals surface area contributed by atoms with Crippen LogP contribution in [0.25, 0.3) is 0 Å². The third-order valence-electron chi connectivity index (χ3n) is 5.03. The van der Waals surface area contributed by atoms with Gasteiger partial charge >= 0.3 is 0 Å². The van der Waals surface area contributed by atoms with Crippen LogP contribution in [0.1, 0.15) is 62.8 Å². The monoisotopic (exact) mass is 273 g/mol. The summed E-state index contributed by atoms with van der Waals surface area (Å²) in [6, 6.07) is 8.84. The van der Waals surface area contributed by atoms with E-state index in [0.717, 1.165) is 31.1 Å². The quantitative estimate of drug-likeness (QED) is 0.890. The van der Waals surface area contributed by atoms with E-state index >= 15 is 0 Å². The molecule has 2 atom stereocenters. The van der Waals surface area contributed by atoms with Crippen molar-refractivity contribution in [1.29, 1.82) is 0 Å². The molecular weight excluding hydrogens is 246 g/mol. The SMILES string of the molecule is NC(CC1CCCCC1)CC1CCOc2ccccc21. The van der Waals surface area contributed by atoms with Crippen LogP contribution in [0.2, 0.25) is 0 Å². The van der Waals surface area contributed by atoms with E-state index < -0.39 is 0 Å². The molecule has 2 heteroatoms. The van der Waals surface area contributed by atoms with E-state index in [1.165, 1.54) is 44.1 Å². The minimum atomic E-state index is 0.356. The normalized spacial score (nSPS) is 24.8. The molecule has 0 spiro atoms. The van der Waals surface area contributed by atoms with Crippen molar-refractivity contribution in [3.63, 3.8) is 0 Å². The molecule has 1 saturated carbocycles. The fraction of sp³-hybridized carbons (Fsp3) is 0.667. The maximum Gasteiger partial charge on any atom is 0.122 e. The summed E-state index contributed by atoms with van der Waals surface area (Å²) in [6.07, 6.45) is 10.5. The zero-order valence-corrected chi connectivity index (χ0v) is 12.4. The summed E-state index contributed by atoms with van der Waals surface area (Å²) in [6.45, 7) is 0.845. The lowest BCUT2D eigenvalue weighted by atomic mass is 9.81. The Labute approximate surface area is 122 Å². The van der Waals surface area contributed by atoms with Gasteiger partial charge in [-0.05, 0) is 42.7 Å². The predicted molar refractivity (Wildman–Crippen MR) is 83.1 cm³/mol. The van der Waals surface area contributed by atoms with E-state index in [-0.39, 0.29) is 0 Å². The molecule has 0 bridgehead atoms. The summed E-state index contributed by atoms with van der Waals surface area (Å²) in [4.78, 5) is 0. The Balaban J connectivity index is 1.57. The van der Waals surface area contributed by atoms with Gasteiger partial charge in [0.05, 0.1) is 6.61 Å². The number of nitrogens with two attached hydrogens (primary N) is 1. The van der Waals surface area contributed by atoms with Crippen LogP contribution in [0.15, 0.2) is 24.3 Å². The van der Waals surface area contributed by atoms with Crippen molar-refractivity contribution in [1.82, 2.24) is 0 Å². The Morgan fingerprint density at radius 1 is 1.05 bits per heavy atom. The molecule has 110 valence electrons. The molecule has 2 aliphatic rings. The minimum Gasteiger partial charge on any atom is -0.493 e. The summed E-state index contributed by atoms with van der Waals surface area (Å²) < 4.78 is 5.74. The zero-order chi connectivity index (χ0) is 13.8. The summed E-state index contributed by atoms with van der Waals surface area (Å²) in [5.41, 5.74) is 7.82. The van der Waals surface area contributed by atoms with Gasteiger partial charge in [0.1, 0.15) is 5.75 Å². The second-order valence-electron chi connectivity index (χ2n) is 6.61. The molecule has 1 aliphatic carbocycles. The van der Waals surface area contributed by atoms with Crippen LogP contribution in [0.5, 0.6) is 5.75 Å². The maximum atomic E-state index is 6.45. The van der Waals surface area contributed by atoms with Gasteiger partial charge in [-0.1, -0.05) is 50.3 Å². The van der Waals surface area contributed by atoms with E-state index in [0.29, 0.717) is 12.0 Å². The van der Waals surface area contributed by atoms with E-state index in [1.54, 1.807) is 0 Å². The van der Waals surface area contributed by atoms with Gasteiger partial charge in [-0.25, -0.2) is 0 Å². The van der Waals surface area contributed by atoms with Crippen molar-refractivity contribution < 1.29 is 4.74 Å². The molecule has 2 nitrogen and oxygen atoms in total. The fourth-order valence-electron chi connectivity index (χ4n) is 3.97. The summed E-state index contributed by atoms with van der Waals surface area (Å²) in [5, 5.41) is 0. The van der Waals surface area contributed by atoms with E-state index in [4.69, 9.17) is 10.5 Å². The molecule has 1 heterocycles. The Bertz CT molecular complexity index is 425. The molecule has 1 aromatic rings. The van der Waals surface area contributed by atoms with Crippen LogP contribution >= 0.6 is 0 Å². The van der Waals surface area contributed by atoms with E-state index in [1.807, 2.05) is 0 Å². The highest BCUT2D eigenvalue weighted by Gasteiger charge is 2.24. The predicted octanol–water partition coefficient (Wildman–Crippen LogP) is 4.24. The van der Waals surface area contributed by atoms with Crippen molar-refractivity contribution in [3.8, 4) is 5.75 Å². The van der Waals surface area contributed by atoms with Crippen LogP contribution in [0.3, 0.4) is 0 Å². The largest absolute Gasteiger partial charge is 0.493 e. The topological polar surface area (TPSA) is 35.2 Å². The first-order valence-corrected chi connectivity index (χ1v) is 8.30. The van der Waals surface area contributed by atoms with Crippen molar-refractivity contribution in [2.75, 3.05) is 6.61 Å². The molecule has 20 heavy (non-hydrogen) atoms. The van der Waals surface area contributed by atoms with Gasteiger partial charge in [0.15, 0.2) is 0 Å². The van der Waals surface area contributed by atoms with Crippen LogP contribution in [-0.4, -0.2) is 12.6 Å². The molecule has 1 fully saturated rings. The molecule has 0 radical (unpaired) electrons. The van der Waals surface area contributed by atoms with E-state index in [2.05, 4.69) is 24.3 Å². The molecule has 2 unspecified atom stereocenters. The second kappa shape index (κ2) is 6.62. The van der Waals surface area contributed by atoms with Gasteiger partial charge in [-0.2, -0.15) is 0 Å². The molecule has 0 saturated heterocycles. The smallest absolute Gasteiger partial charge is 0.122 e. The molecule has 0 aromatic heterocycles. The standard InChI is InChI=1S/C18H27NO/c19-16(12-14-6-2-1-3-7-14)13-15-10-11-20-18-9-5-4-8-17(15)18/h4-5,8-9,14-16H,1-3,6-7,10-13,19H2. The average molecular weight is 273 g/mol. The van der Waals surface area contributed by atoms with Gasteiger partial charge in [0.2, 0.25) is 0 Å². The number of ether oxygens (including phenoxy) is 1. The summed E-state index contributed by atoms with van der Waals surface area (Å²) in [5.74, 6) is 2.56. The highest BCUT2D eigenvalue weighted by molar-refractivity contribution is 5.37. The third kappa shape index (κ3) is 3.35. The Kier molecular flexibility index (Phi) is 4.62. The summed E-state index contributed by atoms with van der Waals surface area (Å²) >= 11 is 0. The number of fused-ring (bicyclic) bond motifs is 1. The maximum absolute atomic E-state index is 6.45. The molecule has 2 N–H and O–H groups in total. The third-order valence-corrected chi connectivity index (χ3v) is 5.03. The first kappa shape index (κ1) is 13.9. The Morgan fingerprint density at radius 2 is 1.85 bits per heavy atom. The van der Waals surface area contributed by atoms with E-state index in [9.17, 15) is 0 Å². The highest BCUT2D eigenvalue weighted by atomic mass is 16.5. The van der Waals surface area contributed by atoms with Crippen LogP contribution in [0, 0.1) is 5.92 Å². The molecule has 0 amide bonds. The number of rotatable bonds is 4. The van der Waals surface area contributed by atoms with Gasteiger partial charge < -0.3 is 10.5 Å². The number of hydrogen-bond donors (Lipinski definition) is 1. The lowest BCUT2D eigenvalue weighted by Crippen LogP contribution is -2.28. The van der Waals surface area contributed by atoms with Gasteiger partial charge in [0.25, 0.3) is 0 Å². The molecular formula is C18H27NO. The Morgan fingerprint density at radius 3 is 2.70 bits per heavy atom. The molecule has 3 rings (SSSR count). The number of hydrogen-bond acceptors (Lipinski definition) is 2. The average Bonchev–Trinajstić information content (AvgIpc) is 2.48. The van der Waals surface area contributed by atoms with Crippen molar-refractivity contribution in [3.05, 3.63) is 29.8 Å². The van der Waals surface area contributed by atoms with Crippen molar-refractivity contribution in [2.45, 2.75) is 63.3 Å². The van der Waals surface area contributed by atoms with Gasteiger partial charge in [-0.15, -0.1) is 0 Å². The Hall–Kier alpha value is -1.02. The highest BCUT2D eigenvalue weighted by Crippen LogP contribution is 2.37. The van der Waals surface area contributed by atoms with Crippen LogP contribution in [0.4, 0.5) is 0 Å². The molecule has 1 aromatic carbocycles. The second-order valence-corrected chi connectivity index (χ2v) is 6.61. The fourth-order valence-corrected chi connectivity index (χ4v) is 3.97. The van der Waals surface area contributed by atoms with Gasteiger partial charge in [-0.3, -0.25) is 0 Å². The first-order valence-electron chi connectivity index (χ1n) is 8.30. The minimum absolute atomic E-state index is 0.356. The number of para-hydroxylation sites is 1. The molecule has 1 aliphatic heterocycles. The van der Waals surface area contributed by atoms with Gasteiger partial charge in [0, 0.05) is 6.04 Å². The van der Waals surface area contributed by atoms with Crippen molar-refractivity contribution in [2.24, 2.45) is 11.7 Å². The van der Waals surface area contributed by atoms with Crippen molar-refractivity contribution >= 4 is 0 Å². The summed E-state index contributed by atoms with van der Waals surface area (Å²) in [7, 11) is 0. The number of benzene rings is 1. The lowest BCUT2D eigenvalue weighted by Gasteiger charge is -2.30. The zero-order valence-electron chi connectivity index (χ0n) is 12.4.